The predicted octanol–water partition coefficient (Wildman–Crippen LogP) is 4.03. The van der Waals surface area contributed by atoms with Crippen LogP contribution in [0, 0.1) is 0 Å². The fraction of sp³-hybridized carbons (Fsp3) is 0.333. The molecule has 0 saturated carbocycles. The van der Waals surface area contributed by atoms with Crippen LogP contribution in [-0.2, 0) is 20.2 Å². The van der Waals surface area contributed by atoms with E-state index in [2.05, 4.69) is 5.32 Å². The van der Waals surface area contributed by atoms with Crippen molar-refractivity contribution in [1.29, 1.82) is 0 Å². The van der Waals surface area contributed by atoms with E-state index < -0.39 is 13.4 Å². The van der Waals surface area contributed by atoms with Gasteiger partial charge in [-0.3, -0.25) is 9.88 Å². The molecule has 0 aliphatic carbocycles. The van der Waals surface area contributed by atoms with Crippen LogP contribution >= 0.6 is 7.60 Å². The third kappa shape index (κ3) is 4.46. The molecule has 0 spiro atoms. The summed E-state index contributed by atoms with van der Waals surface area (Å²) in [5.74, 6) is -0.538. The molecule has 0 amide bonds. The molecule has 0 heterocycles. The van der Waals surface area contributed by atoms with Gasteiger partial charge in [-0.1, -0.05) is 42.5 Å². The smallest absolute Gasteiger partial charge is 0.351 e. The molecule has 1 unspecified atom stereocenters. The van der Waals surface area contributed by atoms with Crippen LogP contribution in [0.4, 0.5) is 5.69 Å². The number of benzene rings is 2. The second kappa shape index (κ2) is 8.45. The molecular formula is C18H25N2O3P. The third-order valence-electron chi connectivity index (χ3n) is 3.89. The lowest BCUT2D eigenvalue weighted by molar-refractivity contribution is 0.259. The quantitative estimate of drug-likeness (QED) is 0.730. The summed E-state index contributed by atoms with van der Waals surface area (Å²) in [7, 11) is 3.47. The van der Waals surface area contributed by atoms with Crippen LogP contribution < -0.4 is 10.2 Å². The molecule has 2 aromatic rings. The van der Waals surface area contributed by atoms with E-state index in [1.165, 1.54) is 14.2 Å². The van der Waals surface area contributed by atoms with Crippen molar-refractivity contribution in [2.75, 3.05) is 33.2 Å². The highest BCUT2D eigenvalue weighted by Crippen LogP contribution is 2.58. The van der Waals surface area contributed by atoms with Crippen molar-refractivity contribution in [3.05, 3.63) is 65.7 Å². The first-order chi connectivity index (χ1) is 11.5. The molecule has 0 saturated heterocycles. The van der Waals surface area contributed by atoms with E-state index in [1.54, 1.807) is 0 Å². The van der Waals surface area contributed by atoms with Crippen molar-refractivity contribution in [1.82, 2.24) is 5.32 Å². The molecule has 1 N–H and O–H groups in total. The molecule has 0 aliphatic rings. The molecule has 0 aromatic heterocycles. The van der Waals surface area contributed by atoms with E-state index in [-0.39, 0.29) is 0 Å². The van der Waals surface area contributed by atoms with Crippen LogP contribution in [0.25, 0.3) is 0 Å². The summed E-state index contributed by atoms with van der Waals surface area (Å²) < 4.78 is 23.4. The molecule has 6 heteroatoms. The fourth-order valence-corrected chi connectivity index (χ4v) is 3.89. The molecule has 0 bridgehead atoms. The Morgan fingerprint density at radius 2 is 1.58 bits per heavy atom. The molecule has 0 aliphatic heterocycles. The minimum absolute atomic E-state index is 0.538. The summed E-state index contributed by atoms with van der Waals surface area (Å²) in [5.41, 5.74) is 3.04. The summed E-state index contributed by atoms with van der Waals surface area (Å²) in [5, 5.41) is 3.32. The maximum Gasteiger partial charge on any atom is 0.351 e. The Bertz CT molecular complexity index is 666. The zero-order valence-electron chi connectivity index (χ0n) is 14.6. The van der Waals surface area contributed by atoms with E-state index in [9.17, 15) is 4.57 Å². The lowest BCUT2D eigenvalue weighted by Gasteiger charge is -2.26. The maximum atomic E-state index is 13.0. The second-order valence-corrected chi connectivity index (χ2v) is 7.99. The fourth-order valence-electron chi connectivity index (χ4n) is 2.46. The number of hydrogen-bond donors (Lipinski definition) is 1. The Balaban J connectivity index is 2.27. The van der Waals surface area contributed by atoms with Gasteiger partial charge in [-0.05, 0) is 23.3 Å². The van der Waals surface area contributed by atoms with Gasteiger partial charge in [0.1, 0.15) is 5.78 Å². The number of rotatable bonds is 8. The van der Waals surface area contributed by atoms with Crippen LogP contribution in [0.5, 0.6) is 0 Å². The largest absolute Gasteiger partial charge is 0.378 e. The van der Waals surface area contributed by atoms with Crippen LogP contribution in [0.2, 0.25) is 0 Å². The van der Waals surface area contributed by atoms with E-state index in [0.717, 1.165) is 16.8 Å². The molecule has 0 fully saturated rings. The van der Waals surface area contributed by atoms with Crippen LogP contribution in [-0.4, -0.2) is 28.3 Å². The summed E-state index contributed by atoms with van der Waals surface area (Å²) in [6.07, 6.45) is 0. The molecule has 24 heavy (non-hydrogen) atoms. The average Bonchev–Trinajstić information content (AvgIpc) is 2.62. The summed E-state index contributed by atoms with van der Waals surface area (Å²) in [4.78, 5) is 2.02. The van der Waals surface area contributed by atoms with Gasteiger partial charge >= 0.3 is 7.60 Å². The average molecular weight is 348 g/mol. The van der Waals surface area contributed by atoms with E-state index in [4.69, 9.17) is 9.05 Å². The van der Waals surface area contributed by atoms with Gasteiger partial charge in [-0.2, -0.15) is 0 Å². The predicted molar refractivity (Wildman–Crippen MR) is 98.4 cm³/mol. The van der Waals surface area contributed by atoms with Crippen LogP contribution in [0.1, 0.15) is 16.9 Å². The van der Waals surface area contributed by atoms with Gasteiger partial charge in [0.2, 0.25) is 0 Å². The maximum absolute atomic E-state index is 13.0. The third-order valence-corrected chi connectivity index (χ3v) is 6.02. The van der Waals surface area contributed by atoms with Crippen molar-refractivity contribution in [3.8, 4) is 0 Å². The van der Waals surface area contributed by atoms with Gasteiger partial charge in [0.25, 0.3) is 0 Å². The van der Waals surface area contributed by atoms with Crippen LogP contribution in [0.3, 0.4) is 0 Å². The minimum Gasteiger partial charge on any atom is -0.378 e. The Kier molecular flexibility index (Phi) is 6.58. The van der Waals surface area contributed by atoms with Crippen molar-refractivity contribution in [3.63, 3.8) is 0 Å². The van der Waals surface area contributed by atoms with Gasteiger partial charge in [0.15, 0.2) is 0 Å². The van der Waals surface area contributed by atoms with Gasteiger partial charge in [-0.25, -0.2) is 0 Å². The molecular weight excluding hydrogens is 323 g/mol. The zero-order chi connectivity index (χ0) is 17.6. The first-order valence-corrected chi connectivity index (χ1v) is 9.37. The molecule has 0 radical (unpaired) electrons. The normalized spacial score (nSPS) is 12.8. The van der Waals surface area contributed by atoms with Gasteiger partial charge in [0, 0.05) is 40.5 Å². The van der Waals surface area contributed by atoms with E-state index >= 15 is 0 Å². The van der Waals surface area contributed by atoms with Crippen molar-refractivity contribution < 1.29 is 13.6 Å². The standard InChI is InChI=1S/C18H25N2O3P/c1-20(2)17-12-10-16(11-13-17)18(24(21,22-3)23-4)19-14-15-8-6-5-7-9-15/h5-13,18-19H,14H2,1-4H3. The number of nitrogens with zero attached hydrogens (tertiary/aromatic N) is 1. The first kappa shape index (κ1) is 18.7. The topological polar surface area (TPSA) is 50.8 Å². The SMILES string of the molecule is COP(=O)(OC)C(NCc1ccccc1)c1ccc(N(C)C)cc1. The highest BCUT2D eigenvalue weighted by molar-refractivity contribution is 7.54. The Morgan fingerprint density at radius 3 is 2.08 bits per heavy atom. The van der Waals surface area contributed by atoms with Crippen molar-refractivity contribution >= 4 is 13.3 Å². The van der Waals surface area contributed by atoms with Crippen molar-refractivity contribution in [2.24, 2.45) is 0 Å². The number of nitrogens with one attached hydrogen (secondary N) is 1. The molecule has 130 valence electrons. The van der Waals surface area contributed by atoms with E-state index in [1.807, 2.05) is 73.6 Å². The molecule has 2 rings (SSSR count). The van der Waals surface area contributed by atoms with Gasteiger partial charge in [-0.15, -0.1) is 0 Å². The number of hydrogen-bond acceptors (Lipinski definition) is 5. The Labute approximate surface area is 144 Å². The summed E-state index contributed by atoms with van der Waals surface area (Å²) >= 11 is 0. The highest BCUT2D eigenvalue weighted by Gasteiger charge is 2.35. The number of anilines is 1. The monoisotopic (exact) mass is 348 g/mol. The second-order valence-electron chi connectivity index (χ2n) is 5.66. The summed E-state index contributed by atoms with van der Waals surface area (Å²) in [6.45, 7) is 0.567. The van der Waals surface area contributed by atoms with Crippen LogP contribution in [0.15, 0.2) is 54.6 Å². The highest BCUT2D eigenvalue weighted by atomic mass is 31.2. The first-order valence-electron chi connectivity index (χ1n) is 7.76. The molecule has 2 aromatic carbocycles. The molecule has 5 nitrogen and oxygen atoms in total. The van der Waals surface area contributed by atoms with Gasteiger partial charge < -0.3 is 13.9 Å². The Morgan fingerprint density at radius 1 is 1.00 bits per heavy atom. The lowest BCUT2D eigenvalue weighted by Crippen LogP contribution is -2.22. The molecule has 1 atom stereocenters. The minimum atomic E-state index is -3.31. The lowest BCUT2D eigenvalue weighted by atomic mass is 10.2. The van der Waals surface area contributed by atoms with E-state index in [0.29, 0.717) is 6.54 Å². The summed E-state index contributed by atoms with van der Waals surface area (Å²) in [6, 6.07) is 17.8. The van der Waals surface area contributed by atoms with Crippen molar-refractivity contribution in [2.45, 2.75) is 12.3 Å². The Hall–Kier alpha value is -1.65. The van der Waals surface area contributed by atoms with Gasteiger partial charge in [0.05, 0.1) is 0 Å². The zero-order valence-corrected chi connectivity index (χ0v) is 15.5.